The van der Waals surface area contributed by atoms with Gasteiger partial charge in [0.1, 0.15) is 5.01 Å². The molecule has 0 bridgehead atoms. The van der Waals surface area contributed by atoms with E-state index >= 15 is 0 Å². The maximum Gasteiger partial charge on any atom is 0.257 e. The largest absolute Gasteiger partial charge is 0.296 e. The summed E-state index contributed by atoms with van der Waals surface area (Å²) in [5.41, 5.74) is 2.51. The molecule has 0 saturated heterocycles. The molecule has 2 aromatic rings. The summed E-state index contributed by atoms with van der Waals surface area (Å²) < 4.78 is 0.889. The van der Waals surface area contributed by atoms with Crippen molar-refractivity contribution >= 4 is 44.2 Å². The van der Waals surface area contributed by atoms with E-state index in [1.54, 1.807) is 24.3 Å². The lowest BCUT2D eigenvalue weighted by Gasteiger charge is -2.00. The summed E-state index contributed by atoms with van der Waals surface area (Å²) >= 11 is 4.42. The highest BCUT2D eigenvalue weighted by molar-refractivity contribution is 9.10. The molecule has 2 rings (SSSR count). The predicted octanol–water partition coefficient (Wildman–Crippen LogP) is 1.09. The number of amides is 2. The molecule has 0 atom stereocenters. The fourth-order valence-electron chi connectivity index (χ4n) is 1.33. The van der Waals surface area contributed by atoms with Crippen LogP contribution in [0.2, 0.25) is 0 Å². The molecule has 0 radical (unpaired) electrons. The third-order valence-electron chi connectivity index (χ3n) is 2.27. The molecule has 20 heavy (non-hydrogen) atoms. The van der Waals surface area contributed by atoms with Gasteiger partial charge in [0, 0.05) is 10.0 Å². The Morgan fingerprint density at radius 1 is 1.25 bits per heavy atom. The number of halogens is 1. The number of aromatic nitrogens is 2. The van der Waals surface area contributed by atoms with Crippen LogP contribution in [0.25, 0.3) is 0 Å². The molecule has 2 amide bonds. The third-order valence-corrected chi connectivity index (χ3v) is 3.63. The minimum absolute atomic E-state index is 0.0301. The highest BCUT2D eigenvalue weighted by Crippen LogP contribution is 2.17. The molecular formula is C11H10BrN5O2S. The smallest absolute Gasteiger partial charge is 0.257 e. The minimum atomic E-state index is -0.369. The average Bonchev–Trinajstić information content (AvgIpc) is 2.86. The molecule has 1 heterocycles. The average molecular weight is 356 g/mol. The molecule has 104 valence electrons. The molecule has 0 fully saturated rings. The summed E-state index contributed by atoms with van der Waals surface area (Å²) in [7, 11) is 0. The summed E-state index contributed by atoms with van der Waals surface area (Å²) in [4.78, 5) is 23.0. The van der Waals surface area contributed by atoms with Crippen LogP contribution in [0.3, 0.4) is 0 Å². The lowest BCUT2D eigenvalue weighted by atomic mass is 10.2. The van der Waals surface area contributed by atoms with Gasteiger partial charge in [0.15, 0.2) is 0 Å². The van der Waals surface area contributed by atoms with Crippen LogP contribution in [-0.2, 0) is 11.2 Å². The number of hydrogen-bond acceptors (Lipinski definition) is 6. The SMILES string of the molecule is NNC(=O)Cc1nnc(NC(=O)c2ccc(Br)cc2)s1. The fourth-order valence-corrected chi connectivity index (χ4v) is 2.33. The van der Waals surface area contributed by atoms with E-state index in [1.165, 1.54) is 0 Å². The summed E-state index contributed by atoms with van der Waals surface area (Å²) in [6, 6.07) is 6.91. The van der Waals surface area contributed by atoms with Crippen LogP contribution < -0.4 is 16.6 Å². The molecule has 0 spiro atoms. The van der Waals surface area contributed by atoms with Crippen molar-refractivity contribution in [3.8, 4) is 0 Å². The number of nitrogens with one attached hydrogen (secondary N) is 2. The van der Waals surface area contributed by atoms with Gasteiger partial charge in [0.05, 0.1) is 6.42 Å². The van der Waals surface area contributed by atoms with E-state index < -0.39 is 0 Å². The molecule has 9 heteroatoms. The molecule has 0 aliphatic carbocycles. The zero-order valence-corrected chi connectivity index (χ0v) is 12.5. The fraction of sp³-hybridized carbons (Fsp3) is 0.0909. The van der Waals surface area contributed by atoms with Gasteiger partial charge in [-0.05, 0) is 24.3 Å². The summed E-state index contributed by atoms with van der Waals surface area (Å²) in [5.74, 6) is 4.32. The van der Waals surface area contributed by atoms with E-state index in [0.29, 0.717) is 15.7 Å². The van der Waals surface area contributed by atoms with Crippen LogP contribution >= 0.6 is 27.3 Å². The zero-order valence-electron chi connectivity index (χ0n) is 10.1. The second-order valence-corrected chi connectivity index (χ2v) is 5.68. The molecule has 1 aromatic carbocycles. The highest BCUT2D eigenvalue weighted by Gasteiger charge is 2.11. The number of carbonyl (C=O) groups is 2. The molecule has 4 N–H and O–H groups in total. The highest BCUT2D eigenvalue weighted by atomic mass is 79.9. The minimum Gasteiger partial charge on any atom is -0.296 e. The van der Waals surface area contributed by atoms with Crippen LogP contribution in [-0.4, -0.2) is 22.0 Å². The number of benzene rings is 1. The number of nitrogens with zero attached hydrogens (tertiary/aromatic N) is 2. The van der Waals surface area contributed by atoms with Gasteiger partial charge in [0.25, 0.3) is 5.91 Å². The van der Waals surface area contributed by atoms with Gasteiger partial charge >= 0.3 is 0 Å². The summed E-state index contributed by atoms with van der Waals surface area (Å²) in [6.07, 6.45) is 0.0301. The number of hydrogen-bond donors (Lipinski definition) is 3. The van der Waals surface area contributed by atoms with Gasteiger partial charge in [-0.3, -0.25) is 20.3 Å². The second kappa shape index (κ2) is 6.55. The maximum absolute atomic E-state index is 11.9. The van der Waals surface area contributed by atoms with Crippen molar-refractivity contribution < 1.29 is 9.59 Å². The van der Waals surface area contributed by atoms with Crippen LogP contribution in [0, 0.1) is 0 Å². The first-order chi connectivity index (χ1) is 9.58. The lowest BCUT2D eigenvalue weighted by molar-refractivity contribution is -0.120. The van der Waals surface area contributed by atoms with Crippen molar-refractivity contribution in [3.05, 3.63) is 39.3 Å². The Kier molecular flexibility index (Phi) is 4.77. The van der Waals surface area contributed by atoms with Crippen molar-refractivity contribution in [3.63, 3.8) is 0 Å². The Labute approximate surface area is 126 Å². The van der Waals surface area contributed by atoms with E-state index in [4.69, 9.17) is 5.84 Å². The number of carbonyl (C=O) groups excluding carboxylic acids is 2. The van der Waals surface area contributed by atoms with Gasteiger partial charge < -0.3 is 0 Å². The van der Waals surface area contributed by atoms with E-state index in [-0.39, 0.29) is 18.2 Å². The van der Waals surface area contributed by atoms with Crippen molar-refractivity contribution in [2.75, 3.05) is 5.32 Å². The monoisotopic (exact) mass is 355 g/mol. The number of anilines is 1. The van der Waals surface area contributed by atoms with E-state index in [0.717, 1.165) is 15.8 Å². The standard InChI is InChI=1S/C11H10BrN5O2S/c12-7-3-1-6(2-4-7)10(19)14-11-17-16-9(20-11)5-8(18)15-13/h1-4H,5,13H2,(H,15,18)(H,14,17,19). The molecule has 7 nitrogen and oxygen atoms in total. The van der Waals surface area contributed by atoms with Crippen molar-refractivity contribution in [2.24, 2.45) is 5.84 Å². The van der Waals surface area contributed by atoms with Crippen LogP contribution in [0.5, 0.6) is 0 Å². The van der Waals surface area contributed by atoms with Crippen LogP contribution in [0.4, 0.5) is 5.13 Å². The van der Waals surface area contributed by atoms with E-state index in [1.807, 2.05) is 5.43 Å². The van der Waals surface area contributed by atoms with Crippen molar-refractivity contribution in [2.45, 2.75) is 6.42 Å². The summed E-state index contributed by atoms with van der Waals surface area (Å²) in [5, 5.41) is 11.0. The molecule has 0 aliphatic rings. The summed E-state index contributed by atoms with van der Waals surface area (Å²) in [6.45, 7) is 0. The van der Waals surface area contributed by atoms with Gasteiger partial charge in [0.2, 0.25) is 11.0 Å². The Morgan fingerprint density at radius 2 is 1.95 bits per heavy atom. The molecule has 0 unspecified atom stereocenters. The predicted molar refractivity (Wildman–Crippen MR) is 78.0 cm³/mol. The van der Waals surface area contributed by atoms with Crippen molar-refractivity contribution in [1.29, 1.82) is 0 Å². The van der Waals surface area contributed by atoms with Gasteiger partial charge in [-0.25, -0.2) is 5.84 Å². The van der Waals surface area contributed by atoms with Crippen molar-refractivity contribution in [1.82, 2.24) is 15.6 Å². The number of hydrazine groups is 1. The Morgan fingerprint density at radius 3 is 2.60 bits per heavy atom. The Hall–Kier alpha value is -1.84. The maximum atomic E-state index is 11.9. The van der Waals surface area contributed by atoms with E-state index in [9.17, 15) is 9.59 Å². The zero-order chi connectivity index (χ0) is 14.5. The van der Waals surface area contributed by atoms with Crippen LogP contribution in [0.15, 0.2) is 28.7 Å². The van der Waals surface area contributed by atoms with E-state index in [2.05, 4.69) is 31.4 Å². The topological polar surface area (TPSA) is 110 Å². The first-order valence-electron chi connectivity index (χ1n) is 5.47. The number of nitrogens with two attached hydrogens (primary N) is 1. The molecule has 1 aromatic heterocycles. The molecule has 0 aliphatic heterocycles. The van der Waals surface area contributed by atoms with Gasteiger partial charge in [-0.2, -0.15) is 0 Å². The normalized spacial score (nSPS) is 10.1. The first-order valence-corrected chi connectivity index (χ1v) is 7.08. The second-order valence-electron chi connectivity index (χ2n) is 3.71. The quantitative estimate of drug-likeness (QED) is 0.432. The number of rotatable bonds is 4. The Balaban J connectivity index is 2.01. The Bertz CT molecular complexity index is 628. The molecule has 0 saturated carbocycles. The first kappa shape index (κ1) is 14.6. The van der Waals surface area contributed by atoms with Crippen LogP contribution in [0.1, 0.15) is 15.4 Å². The molecular weight excluding hydrogens is 346 g/mol. The van der Waals surface area contributed by atoms with Gasteiger partial charge in [-0.1, -0.05) is 27.3 Å². The third kappa shape index (κ3) is 3.83. The van der Waals surface area contributed by atoms with Gasteiger partial charge in [-0.15, -0.1) is 10.2 Å². The lowest BCUT2D eigenvalue weighted by Crippen LogP contribution is -2.31.